The van der Waals surface area contributed by atoms with Gasteiger partial charge in [-0.05, 0) is 25.8 Å². The van der Waals surface area contributed by atoms with Gasteiger partial charge < -0.3 is 5.32 Å². The Labute approximate surface area is 93.6 Å². The number of nitrogens with zero attached hydrogens (tertiary/aromatic N) is 2. The highest BCUT2D eigenvalue weighted by atomic mass is 35.5. The number of amides is 1. The molecule has 1 aliphatic rings. The van der Waals surface area contributed by atoms with Crippen LogP contribution in [0.5, 0.6) is 0 Å². The lowest BCUT2D eigenvalue weighted by Crippen LogP contribution is -2.36. The van der Waals surface area contributed by atoms with Crippen molar-refractivity contribution in [3.8, 4) is 0 Å². The number of aryl methyl sites for hydroxylation is 1. The predicted octanol–water partition coefficient (Wildman–Crippen LogP) is 1.46. The average molecular weight is 228 g/mol. The maximum atomic E-state index is 11.5. The summed E-state index contributed by atoms with van der Waals surface area (Å²) in [5.41, 5.74) is 1.08. The monoisotopic (exact) mass is 227 g/mol. The lowest BCUT2D eigenvalue weighted by molar-refractivity contribution is -0.121. The van der Waals surface area contributed by atoms with Gasteiger partial charge in [-0.1, -0.05) is 0 Å². The molecular weight excluding hydrogens is 214 g/mol. The lowest BCUT2D eigenvalue weighted by atomic mass is 10.0. The van der Waals surface area contributed by atoms with Crippen LogP contribution in [-0.2, 0) is 11.3 Å². The molecule has 1 amide bonds. The number of aromatic nitrogens is 2. The minimum absolute atomic E-state index is 0.0648. The minimum atomic E-state index is -0.483. The van der Waals surface area contributed by atoms with Gasteiger partial charge in [0.2, 0.25) is 5.91 Å². The molecule has 1 N–H and O–H groups in total. The van der Waals surface area contributed by atoms with Crippen LogP contribution in [0.15, 0.2) is 12.3 Å². The molecule has 0 saturated heterocycles. The SMILES string of the molecule is CC(Cl)C(=O)NC1CCCn2nccc21. The number of halogens is 1. The second-order valence-corrected chi connectivity index (χ2v) is 4.45. The molecule has 0 radical (unpaired) electrons. The Balaban J connectivity index is 2.10. The van der Waals surface area contributed by atoms with Gasteiger partial charge in [-0.2, -0.15) is 5.10 Å². The number of fused-ring (bicyclic) bond motifs is 1. The normalized spacial score (nSPS) is 21.9. The number of alkyl halides is 1. The Morgan fingerprint density at radius 2 is 2.60 bits per heavy atom. The van der Waals surface area contributed by atoms with Gasteiger partial charge in [-0.15, -0.1) is 11.6 Å². The molecule has 0 fully saturated rings. The Hall–Kier alpha value is -1.03. The zero-order valence-electron chi connectivity index (χ0n) is 8.61. The summed E-state index contributed by atoms with van der Waals surface area (Å²) in [7, 11) is 0. The van der Waals surface area contributed by atoms with E-state index in [1.54, 1.807) is 13.1 Å². The van der Waals surface area contributed by atoms with Crippen molar-refractivity contribution in [1.29, 1.82) is 0 Å². The van der Waals surface area contributed by atoms with Crippen LogP contribution in [0, 0.1) is 0 Å². The highest BCUT2D eigenvalue weighted by molar-refractivity contribution is 6.30. The van der Waals surface area contributed by atoms with Crippen LogP contribution < -0.4 is 5.32 Å². The molecule has 2 heterocycles. The number of carbonyl (C=O) groups is 1. The molecule has 0 saturated carbocycles. The molecule has 0 aliphatic carbocycles. The van der Waals surface area contributed by atoms with Gasteiger partial charge in [0.05, 0.1) is 11.7 Å². The summed E-state index contributed by atoms with van der Waals surface area (Å²) in [6.07, 6.45) is 3.77. The van der Waals surface area contributed by atoms with Gasteiger partial charge in [0, 0.05) is 12.7 Å². The van der Waals surface area contributed by atoms with Gasteiger partial charge in [0.1, 0.15) is 5.38 Å². The molecule has 0 bridgehead atoms. The molecule has 0 aromatic carbocycles. The van der Waals surface area contributed by atoms with Crippen molar-refractivity contribution >= 4 is 17.5 Å². The Kier molecular flexibility index (Phi) is 2.95. The standard InChI is InChI=1S/C10H14ClN3O/c1-7(11)10(15)13-8-3-2-6-14-9(8)4-5-12-14/h4-5,7-8H,2-3,6H2,1H3,(H,13,15). The molecule has 2 unspecified atom stereocenters. The molecule has 1 aliphatic heterocycles. The summed E-state index contributed by atoms with van der Waals surface area (Å²) < 4.78 is 1.94. The van der Waals surface area contributed by atoms with E-state index in [-0.39, 0.29) is 11.9 Å². The number of carbonyl (C=O) groups excluding carboxylic acids is 1. The van der Waals surface area contributed by atoms with Crippen molar-refractivity contribution < 1.29 is 4.79 Å². The molecule has 0 spiro atoms. The number of rotatable bonds is 2. The van der Waals surface area contributed by atoms with Gasteiger partial charge in [-0.25, -0.2) is 0 Å². The zero-order chi connectivity index (χ0) is 10.8. The topological polar surface area (TPSA) is 46.9 Å². The van der Waals surface area contributed by atoms with E-state index in [9.17, 15) is 4.79 Å². The van der Waals surface area contributed by atoms with E-state index in [1.165, 1.54) is 0 Å². The molecule has 5 heteroatoms. The van der Waals surface area contributed by atoms with Crippen molar-refractivity contribution in [2.75, 3.05) is 0 Å². The lowest BCUT2D eigenvalue weighted by Gasteiger charge is -2.24. The largest absolute Gasteiger partial charge is 0.346 e. The van der Waals surface area contributed by atoms with Crippen LogP contribution in [0.4, 0.5) is 0 Å². The van der Waals surface area contributed by atoms with Crippen molar-refractivity contribution in [2.24, 2.45) is 0 Å². The Bertz CT molecular complexity index is 361. The first-order valence-electron chi connectivity index (χ1n) is 5.14. The van der Waals surface area contributed by atoms with E-state index >= 15 is 0 Å². The first-order valence-corrected chi connectivity index (χ1v) is 5.58. The number of hydrogen-bond donors (Lipinski definition) is 1. The third-order valence-electron chi connectivity index (χ3n) is 2.65. The fourth-order valence-electron chi connectivity index (χ4n) is 1.85. The van der Waals surface area contributed by atoms with Crippen LogP contribution in [0.25, 0.3) is 0 Å². The molecule has 4 nitrogen and oxygen atoms in total. The van der Waals surface area contributed by atoms with E-state index in [1.807, 2.05) is 10.7 Å². The van der Waals surface area contributed by atoms with E-state index < -0.39 is 5.38 Å². The van der Waals surface area contributed by atoms with Gasteiger partial charge in [0.25, 0.3) is 0 Å². The maximum Gasteiger partial charge on any atom is 0.238 e. The van der Waals surface area contributed by atoms with E-state index in [0.717, 1.165) is 25.1 Å². The molecule has 2 rings (SSSR count). The summed E-state index contributed by atoms with van der Waals surface area (Å²) in [6, 6.07) is 2.01. The molecular formula is C10H14ClN3O. The van der Waals surface area contributed by atoms with Crippen molar-refractivity contribution in [3.63, 3.8) is 0 Å². The van der Waals surface area contributed by atoms with E-state index in [4.69, 9.17) is 11.6 Å². The zero-order valence-corrected chi connectivity index (χ0v) is 9.37. The molecule has 1 aromatic heterocycles. The number of nitrogens with one attached hydrogen (secondary N) is 1. The molecule has 1 aromatic rings. The second kappa shape index (κ2) is 4.23. The second-order valence-electron chi connectivity index (χ2n) is 3.80. The van der Waals surface area contributed by atoms with Crippen LogP contribution in [-0.4, -0.2) is 21.1 Å². The first-order chi connectivity index (χ1) is 7.18. The van der Waals surface area contributed by atoms with Crippen molar-refractivity contribution in [1.82, 2.24) is 15.1 Å². The predicted molar refractivity (Wildman–Crippen MR) is 57.7 cm³/mol. The third-order valence-corrected chi connectivity index (χ3v) is 2.85. The van der Waals surface area contributed by atoms with Crippen LogP contribution in [0.2, 0.25) is 0 Å². The average Bonchev–Trinajstić information content (AvgIpc) is 2.66. The fourth-order valence-corrected chi connectivity index (χ4v) is 1.91. The van der Waals surface area contributed by atoms with Gasteiger partial charge in [-0.3, -0.25) is 9.48 Å². The number of hydrogen-bond acceptors (Lipinski definition) is 2. The highest BCUT2D eigenvalue weighted by Crippen LogP contribution is 2.24. The van der Waals surface area contributed by atoms with Crippen LogP contribution in [0.1, 0.15) is 31.5 Å². The molecule has 2 atom stereocenters. The summed E-state index contributed by atoms with van der Waals surface area (Å²) >= 11 is 5.71. The smallest absolute Gasteiger partial charge is 0.238 e. The summed E-state index contributed by atoms with van der Waals surface area (Å²) in [5.74, 6) is -0.115. The van der Waals surface area contributed by atoms with Crippen molar-refractivity contribution in [2.45, 2.75) is 37.7 Å². The molecule has 82 valence electrons. The first kappa shape index (κ1) is 10.5. The van der Waals surface area contributed by atoms with E-state index in [2.05, 4.69) is 10.4 Å². The van der Waals surface area contributed by atoms with Gasteiger partial charge in [0.15, 0.2) is 0 Å². The maximum absolute atomic E-state index is 11.5. The highest BCUT2D eigenvalue weighted by Gasteiger charge is 2.23. The van der Waals surface area contributed by atoms with E-state index in [0.29, 0.717) is 0 Å². The summed E-state index contributed by atoms with van der Waals surface area (Å²) in [6.45, 7) is 2.61. The molecule has 15 heavy (non-hydrogen) atoms. The quantitative estimate of drug-likeness (QED) is 0.778. The Morgan fingerprint density at radius 3 is 3.33 bits per heavy atom. The minimum Gasteiger partial charge on any atom is -0.346 e. The van der Waals surface area contributed by atoms with Crippen molar-refractivity contribution in [3.05, 3.63) is 18.0 Å². The Morgan fingerprint density at radius 1 is 1.80 bits per heavy atom. The van der Waals surface area contributed by atoms with Crippen LogP contribution >= 0.6 is 11.6 Å². The summed E-state index contributed by atoms with van der Waals surface area (Å²) in [5, 5.41) is 6.64. The van der Waals surface area contributed by atoms with Gasteiger partial charge >= 0.3 is 0 Å². The van der Waals surface area contributed by atoms with Crippen LogP contribution in [0.3, 0.4) is 0 Å². The third kappa shape index (κ3) is 2.15. The fraction of sp³-hybridized carbons (Fsp3) is 0.600. The summed E-state index contributed by atoms with van der Waals surface area (Å²) in [4.78, 5) is 11.5.